The predicted molar refractivity (Wildman–Crippen MR) is 101 cm³/mol. The summed E-state index contributed by atoms with van der Waals surface area (Å²) in [6.07, 6.45) is 3.85. The fourth-order valence-corrected chi connectivity index (χ4v) is 3.64. The van der Waals surface area contributed by atoms with Gasteiger partial charge in [-0.15, -0.1) is 0 Å². The molecule has 2 heterocycles. The highest BCUT2D eigenvalue weighted by Gasteiger charge is 2.49. The van der Waals surface area contributed by atoms with Gasteiger partial charge in [-0.3, -0.25) is 9.78 Å². The first-order chi connectivity index (χ1) is 13.1. The van der Waals surface area contributed by atoms with Crippen LogP contribution in [0.4, 0.5) is 0 Å². The third kappa shape index (κ3) is 2.86. The molecule has 1 aliphatic rings. The van der Waals surface area contributed by atoms with Gasteiger partial charge in [0.25, 0.3) is 5.91 Å². The summed E-state index contributed by atoms with van der Waals surface area (Å²) in [5.41, 5.74) is 1.29. The number of hydrogen-bond donors (Lipinski definition) is 1. The van der Waals surface area contributed by atoms with Crippen molar-refractivity contribution >= 4 is 5.91 Å². The van der Waals surface area contributed by atoms with Crippen molar-refractivity contribution in [2.24, 2.45) is 0 Å². The zero-order chi connectivity index (χ0) is 18.9. The molecule has 0 saturated carbocycles. The number of methoxy groups -OCH3 is 1. The molecule has 1 N–H and O–H groups in total. The number of carbonyl (C=O) groups is 1. The quantitative estimate of drug-likeness (QED) is 0.760. The van der Waals surface area contributed by atoms with Crippen molar-refractivity contribution in [1.29, 1.82) is 0 Å². The van der Waals surface area contributed by atoms with Gasteiger partial charge in [0.1, 0.15) is 5.75 Å². The second-order valence-electron chi connectivity index (χ2n) is 6.51. The first-order valence-corrected chi connectivity index (χ1v) is 8.82. The molecule has 0 saturated heterocycles. The van der Waals surface area contributed by atoms with E-state index in [1.807, 2.05) is 36.4 Å². The first-order valence-electron chi connectivity index (χ1n) is 8.82. The van der Waals surface area contributed by atoms with Crippen LogP contribution in [-0.2, 0) is 12.1 Å². The molecule has 3 aromatic rings. The number of aromatic nitrogens is 1. The van der Waals surface area contributed by atoms with Crippen LogP contribution in [0.15, 0.2) is 73.1 Å². The van der Waals surface area contributed by atoms with Gasteiger partial charge >= 0.3 is 0 Å². The molecule has 0 spiro atoms. The first kappa shape index (κ1) is 17.2. The van der Waals surface area contributed by atoms with E-state index in [4.69, 9.17) is 4.74 Å². The minimum atomic E-state index is -1.50. The number of amides is 1. The highest BCUT2D eigenvalue weighted by atomic mass is 16.5. The monoisotopic (exact) mass is 360 g/mol. The summed E-state index contributed by atoms with van der Waals surface area (Å²) < 4.78 is 5.27. The van der Waals surface area contributed by atoms with Crippen molar-refractivity contribution in [2.45, 2.75) is 12.1 Å². The van der Waals surface area contributed by atoms with E-state index in [2.05, 4.69) is 4.98 Å². The average molecular weight is 360 g/mol. The molecule has 0 aliphatic carbocycles. The maximum Gasteiger partial charge on any atom is 0.257 e. The number of rotatable bonds is 5. The van der Waals surface area contributed by atoms with E-state index < -0.39 is 5.72 Å². The molecule has 1 unspecified atom stereocenters. The predicted octanol–water partition coefficient (Wildman–Crippen LogP) is 2.98. The van der Waals surface area contributed by atoms with Crippen molar-refractivity contribution in [1.82, 2.24) is 9.88 Å². The van der Waals surface area contributed by atoms with Gasteiger partial charge in [0.05, 0.1) is 7.11 Å². The molecule has 1 aliphatic heterocycles. The van der Waals surface area contributed by atoms with Crippen LogP contribution >= 0.6 is 0 Å². The Labute approximate surface area is 157 Å². The van der Waals surface area contributed by atoms with E-state index in [0.29, 0.717) is 29.7 Å². The number of fused-ring (bicyclic) bond motifs is 1. The van der Waals surface area contributed by atoms with Gasteiger partial charge in [-0.05, 0) is 42.3 Å². The van der Waals surface area contributed by atoms with Gasteiger partial charge in [0.2, 0.25) is 0 Å². The van der Waals surface area contributed by atoms with Crippen molar-refractivity contribution in [3.05, 3.63) is 95.3 Å². The van der Waals surface area contributed by atoms with Crippen LogP contribution in [0, 0.1) is 0 Å². The van der Waals surface area contributed by atoms with Crippen LogP contribution in [0.5, 0.6) is 5.75 Å². The Balaban J connectivity index is 1.71. The summed E-state index contributed by atoms with van der Waals surface area (Å²) in [7, 11) is 1.63. The molecule has 136 valence electrons. The lowest BCUT2D eigenvalue weighted by Crippen LogP contribution is -2.45. The van der Waals surface area contributed by atoms with Crippen molar-refractivity contribution in [3.8, 4) is 5.75 Å². The third-order valence-electron chi connectivity index (χ3n) is 5.01. The summed E-state index contributed by atoms with van der Waals surface area (Å²) >= 11 is 0. The number of ether oxygens (including phenoxy) is 1. The molecule has 5 nitrogen and oxygen atoms in total. The van der Waals surface area contributed by atoms with Crippen LogP contribution in [0.3, 0.4) is 0 Å². The molecule has 0 radical (unpaired) electrons. The van der Waals surface area contributed by atoms with Crippen LogP contribution in [0.1, 0.15) is 27.0 Å². The zero-order valence-electron chi connectivity index (χ0n) is 15.0. The third-order valence-corrected chi connectivity index (χ3v) is 5.01. The maximum atomic E-state index is 13.1. The molecule has 2 aromatic carbocycles. The van der Waals surface area contributed by atoms with E-state index in [1.54, 1.807) is 43.8 Å². The van der Waals surface area contributed by atoms with E-state index in [1.165, 1.54) is 4.90 Å². The Hall–Kier alpha value is -3.18. The normalized spacial score (nSPS) is 18.4. The Morgan fingerprint density at radius 1 is 1.07 bits per heavy atom. The molecular weight excluding hydrogens is 340 g/mol. The smallest absolute Gasteiger partial charge is 0.257 e. The van der Waals surface area contributed by atoms with Gasteiger partial charge < -0.3 is 14.7 Å². The lowest BCUT2D eigenvalue weighted by molar-refractivity contribution is -0.0494. The fraction of sp³-hybridized carbons (Fsp3) is 0.182. The highest BCUT2D eigenvalue weighted by Crippen LogP contribution is 2.41. The Morgan fingerprint density at radius 2 is 1.85 bits per heavy atom. The van der Waals surface area contributed by atoms with E-state index in [0.717, 1.165) is 11.3 Å². The van der Waals surface area contributed by atoms with Gasteiger partial charge in [-0.2, -0.15) is 0 Å². The number of hydrogen-bond acceptors (Lipinski definition) is 4. The summed E-state index contributed by atoms with van der Waals surface area (Å²) in [5.74, 6) is 0.598. The number of benzene rings is 2. The van der Waals surface area contributed by atoms with Gasteiger partial charge in [-0.1, -0.05) is 30.3 Å². The topological polar surface area (TPSA) is 62.7 Å². The fourth-order valence-electron chi connectivity index (χ4n) is 3.64. The lowest BCUT2D eigenvalue weighted by Gasteiger charge is -2.34. The van der Waals surface area contributed by atoms with Crippen LogP contribution in [-0.4, -0.2) is 34.6 Å². The molecular formula is C22H20N2O3. The standard InChI is InChI=1S/C22H20N2O3/c1-27-18-6-4-5-16(15-18)11-14-24-21(25)19-7-2-3-8-20(19)22(24,26)17-9-12-23-13-10-17/h2-10,12-13,15,26H,11,14H2,1H3. The summed E-state index contributed by atoms with van der Waals surface area (Å²) in [4.78, 5) is 18.6. The Morgan fingerprint density at radius 3 is 2.63 bits per heavy atom. The largest absolute Gasteiger partial charge is 0.497 e. The SMILES string of the molecule is COc1cccc(CCN2C(=O)c3ccccc3C2(O)c2ccncc2)c1. The summed E-state index contributed by atoms with van der Waals surface area (Å²) in [5, 5.41) is 11.7. The van der Waals surface area contributed by atoms with Crippen LogP contribution in [0.25, 0.3) is 0 Å². The van der Waals surface area contributed by atoms with E-state index in [9.17, 15) is 9.90 Å². The lowest BCUT2D eigenvalue weighted by atomic mass is 9.94. The highest BCUT2D eigenvalue weighted by molar-refractivity contribution is 6.00. The number of aliphatic hydroxyl groups is 1. The molecule has 1 amide bonds. The van der Waals surface area contributed by atoms with Crippen molar-refractivity contribution in [2.75, 3.05) is 13.7 Å². The number of pyridine rings is 1. The minimum Gasteiger partial charge on any atom is -0.497 e. The maximum absolute atomic E-state index is 13.1. The second-order valence-corrected chi connectivity index (χ2v) is 6.51. The molecule has 0 fully saturated rings. The van der Waals surface area contributed by atoms with Crippen LogP contribution < -0.4 is 4.74 Å². The molecule has 4 rings (SSSR count). The average Bonchev–Trinajstić information content (AvgIpc) is 2.95. The molecule has 1 atom stereocenters. The summed E-state index contributed by atoms with van der Waals surface area (Å²) in [6.45, 7) is 0.375. The van der Waals surface area contributed by atoms with Crippen molar-refractivity contribution in [3.63, 3.8) is 0 Å². The molecule has 27 heavy (non-hydrogen) atoms. The van der Waals surface area contributed by atoms with E-state index >= 15 is 0 Å². The summed E-state index contributed by atoms with van der Waals surface area (Å²) in [6, 6.07) is 18.4. The van der Waals surface area contributed by atoms with Gasteiger partial charge in [-0.25, -0.2) is 0 Å². The molecule has 0 bridgehead atoms. The van der Waals surface area contributed by atoms with E-state index in [-0.39, 0.29) is 5.91 Å². The number of nitrogens with zero attached hydrogens (tertiary/aromatic N) is 2. The van der Waals surface area contributed by atoms with Gasteiger partial charge in [0, 0.05) is 35.6 Å². The second kappa shape index (κ2) is 6.85. The number of carbonyl (C=O) groups excluding carboxylic acids is 1. The minimum absolute atomic E-state index is 0.173. The Bertz CT molecular complexity index is 974. The molecule has 5 heteroatoms. The zero-order valence-corrected chi connectivity index (χ0v) is 15.0. The Kier molecular flexibility index (Phi) is 4.38. The van der Waals surface area contributed by atoms with Crippen LogP contribution in [0.2, 0.25) is 0 Å². The van der Waals surface area contributed by atoms with Crippen molar-refractivity contribution < 1.29 is 14.6 Å². The van der Waals surface area contributed by atoms with Gasteiger partial charge in [0.15, 0.2) is 5.72 Å². The molecule has 1 aromatic heterocycles.